The number of likely N-dealkylation sites (tertiary alicyclic amines) is 1. The second-order valence-corrected chi connectivity index (χ2v) is 9.38. The fourth-order valence-corrected chi connectivity index (χ4v) is 4.83. The molecule has 0 spiro atoms. The van der Waals surface area contributed by atoms with Gasteiger partial charge in [0.2, 0.25) is 0 Å². The standard InChI is InChI=1S/C28H27F3N4O2/c1-3-18(2)26-33-24-15-19(27(36)34-14-12-21(17-34)20-5-4-13-32-16-20)6-11-25(24)35(26)22-7-9-23(10-8-22)37-28(29,30)31/h4-11,13,15-16,18,21H,3,12,14,17H2,1-2H3. The highest BCUT2D eigenvalue weighted by Gasteiger charge is 2.31. The van der Waals surface area contributed by atoms with Crippen molar-refractivity contribution in [3.8, 4) is 11.4 Å². The summed E-state index contributed by atoms with van der Waals surface area (Å²) in [6, 6.07) is 15.2. The number of fused-ring (bicyclic) bond motifs is 1. The van der Waals surface area contributed by atoms with Crippen molar-refractivity contribution in [2.75, 3.05) is 13.1 Å². The minimum absolute atomic E-state index is 0.0402. The van der Waals surface area contributed by atoms with Crippen molar-refractivity contribution < 1.29 is 22.7 Å². The van der Waals surface area contributed by atoms with Gasteiger partial charge in [0, 0.05) is 48.6 Å². The van der Waals surface area contributed by atoms with Crippen molar-refractivity contribution in [1.29, 1.82) is 0 Å². The van der Waals surface area contributed by atoms with Gasteiger partial charge in [-0.1, -0.05) is 19.9 Å². The largest absolute Gasteiger partial charge is 0.573 e. The van der Waals surface area contributed by atoms with Crippen LogP contribution in [0.15, 0.2) is 67.0 Å². The van der Waals surface area contributed by atoms with E-state index in [9.17, 15) is 18.0 Å². The number of rotatable bonds is 6. The van der Waals surface area contributed by atoms with Gasteiger partial charge in [-0.2, -0.15) is 0 Å². The van der Waals surface area contributed by atoms with Crippen molar-refractivity contribution in [3.63, 3.8) is 0 Å². The Bertz CT molecular complexity index is 1400. The minimum atomic E-state index is -4.75. The zero-order valence-electron chi connectivity index (χ0n) is 20.6. The van der Waals surface area contributed by atoms with Gasteiger partial charge in [0.1, 0.15) is 11.6 Å². The van der Waals surface area contributed by atoms with Crippen LogP contribution in [0.5, 0.6) is 5.75 Å². The highest BCUT2D eigenvalue weighted by Crippen LogP contribution is 2.32. The summed E-state index contributed by atoms with van der Waals surface area (Å²) >= 11 is 0. The summed E-state index contributed by atoms with van der Waals surface area (Å²) in [7, 11) is 0. The van der Waals surface area contributed by atoms with Crippen LogP contribution in [0.1, 0.15) is 60.3 Å². The first-order chi connectivity index (χ1) is 17.7. The van der Waals surface area contributed by atoms with Crippen LogP contribution in [0.2, 0.25) is 0 Å². The number of halogens is 3. The number of amides is 1. The Morgan fingerprint density at radius 3 is 2.62 bits per heavy atom. The number of aromatic nitrogens is 3. The van der Waals surface area contributed by atoms with Crippen LogP contribution < -0.4 is 4.74 Å². The van der Waals surface area contributed by atoms with Gasteiger partial charge in [0.25, 0.3) is 5.91 Å². The normalized spacial score (nSPS) is 16.8. The van der Waals surface area contributed by atoms with Crippen molar-refractivity contribution >= 4 is 16.9 Å². The maximum atomic E-state index is 13.3. The molecule has 2 aromatic heterocycles. The first-order valence-electron chi connectivity index (χ1n) is 12.3. The molecule has 192 valence electrons. The van der Waals surface area contributed by atoms with Gasteiger partial charge in [-0.3, -0.25) is 14.3 Å². The summed E-state index contributed by atoms with van der Waals surface area (Å²) in [4.78, 5) is 24.3. The van der Waals surface area contributed by atoms with Gasteiger partial charge in [0.05, 0.1) is 11.0 Å². The maximum absolute atomic E-state index is 13.3. The number of hydrogen-bond acceptors (Lipinski definition) is 4. The topological polar surface area (TPSA) is 60.2 Å². The summed E-state index contributed by atoms with van der Waals surface area (Å²) in [6.45, 7) is 5.42. The molecular formula is C28H27F3N4O2. The van der Waals surface area contributed by atoms with Crippen LogP contribution in [0, 0.1) is 0 Å². The second-order valence-electron chi connectivity index (χ2n) is 9.38. The first kappa shape index (κ1) is 24.8. The number of alkyl halides is 3. The van der Waals surface area contributed by atoms with Gasteiger partial charge in [-0.05, 0) is 66.9 Å². The number of carbonyl (C=O) groups excluding carboxylic acids is 1. The zero-order chi connectivity index (χ0) is 26.2. The van der Waals surface area contributed by atoms with Gasteiger partial charge in [-0.15, -0.1) is 13.2 Å². The molecule has 2 unspecified atom stereocenters. The Morgan fingerprint density at radius 1 is 1.16 bits per heavy atom. The summed E-state index contributed by atoms with van der Waals surface area (Å²) in [5, 5.41) is 0. The highest BCUT2D eigenvalue weighted by molar-refractivity contribution is 5.98. The third-order valence-electron chi connectivity index (χ3n) is 6.94. The predicted molar refractivity (Wildman–Crippen MR) is 134 cm³/mol. The molecule has 1 aliphatic heterocycles. The Morgan fingerprint density at radius 2 is 1.95 bits per heavy atom. The van der Waals surface area contributed by atoms with E-state index in [0.717, 1.165) is 29.7 Å². The molecule has 2 atom stereocenters. The Balaban J connectivity index is 1.44. The lowest BCUT2D eigenvalue weighted by molar-refractivity contribution is -0.274. The SMILES string of the molecule is CCC(C)c1nc2cc(C(=O)N3CCC(c4cccnc4)C3)ccc2n1-c1ccc(OC(F)(F)F)cc1. The van der Waals surface area contributed by atoms with Crippen molar-refractivity contribution in [1.82, 2.24) is 19.4 Å². The predicted octanol–water partition coefficient (Wildman–Crippen LogP) is 6.46. The number of pyridine rings is 1. The zero-order valence-corrected chi connectivity index (χ0v) is 20.6. The van der Waals surface area contributed by atoms with E-state index in [4.69, 9.17) is 4.98 Å². The molecular weight excluding hydrogens is 481 g/mol. The van der Waals surface area contributed by atoms with Crippen molar-refractivity contribution in [2.45, 2.75) is 44.9 Å². The summed E-state index contributed by atoms with van der Waals surface area (Å²) in [5.74, 6) is 0.818. The molecule has 6 nitrogen and oxygen atoms in total. The molecule has 3 heterocycles. The van der Waals surface area contributed by atoms with Crippen LogP contribution >= 0.6 is 0 Å². The van der Waals surface area contributed by atoms with E-state index in [1.807, 2.05) is 40.8 Å². The number of benzene rings is 2. The average molecular weight is 509 g/mol. The first-order valence-corrected chi connectivity index (χ1v) is 12.3. The highest BCUT2D eigenvalue weighted by atomic mass is 19.4. The van der Waals surface area contributed by atoms with E-state index in [2.05, 4.69) is 16.6 Å². The quantitative estimate of drug-likeness (QED) is 0.300. The molecule has 0 aliphatic carbocycles. The van der Waals surface area contributed by atoms with Crippen molar-refractivity contribution in [2.24, 2.45) is 0 Å². The number of ether oxygens (including phenoxy) is 1. The molecule has 1 aliphatic rings. The fourth-order valence-electron chi connectivity index (χ4n) is 4.83. The molecule has 1 saturated heterocycles. The molecule has 0 radical (unpaired) electrons. The van der Waals surface area contributed by atoms with Gasteiger partial charge < -0.3 is 9.64 Å². The lowest BCUT2D eigenvalue weighted by atomic mass is 10.0. The van der Waals surface area contributed by atoms with Gasteiger partial charge >= 0.3 is 6.36 Å². The fraction of sp³-hybridized carbons (Fsp3) is 0.321. The van der Waals surface area contributed by atoms with E-state index >= 15 is 0 Å². The van der Waals surface area contributed by atoms with E-state index in [0.29, 0.717) is 29.9 Å². The lowest BCUT2D eigenvalue weighted by Gasteiger charge is -2.17. The van der Waals surface area contributed by atoms with Crippen LogP contribution in [0.4, 0.5) is 13.2 Å². The second kappa shape index (κ2) is 9.88. The molecule has 2 aromatic carbocycles. The monoisotopic (exact) mass is 508 g/mol. The van der Waals surface area contributed by atoms with E-state index in [-0.39, 0.29) is 23.5 Å². The minimum Gasteiger partial charge on any atom is -0.406 e. The molecule has 9 heteroatoms. The molecule has 1 fully saturated rings. The summed E-state index contributed by atoms with van der Waals surface area (Å²) < 4.78 is 43.7. The van der Waals surface area contributed by atoms with Crippen LogP contribution in [0.3, 0.4) is 0 Å². The van der Waals surface area contributed by atoms with Crippen LogP contribution in [-0.4, -0.2) is 44.8 Å². The van der Waals surface area contributed by atoms with E-state index < -0.39 is 6.36 Å². The van der Waals surface area contributed by atoms with Gasteiger partial charge in [-0.25, -0.2) is 4.98 Å². The third-order valence-corrected chi connectivity index (χ3v) is 6.94. The van der Waals surface area contributed by atoms with E-state index in [1.54, 1.807) is 30.5 Å². The number of imidazole rings is 1. The van der Waals surface area contributed by atoms with E-state index in [1.165, 1.54) is 12.1 Å². The van der Waals surface area contributed by atoms with Crippen LogP contribution in [-0.2, 0) is 0 Å². The number of hydrogen-bond donors (Lipinski definition) is 0. The molecule has 4 aromatic rings. The Hall–Kier alpha value is -3.88. The Labute approximate surface area is 212 Å². The van der Waals surface area contributed by atoms with Crippen molar-refractivity contribution in [3.05, 3.63) is 83.9 Å². The number of carbonyl (C=O) groups is 1. The summed E-state index contributed by atoms with van der Waals surface area (Å²) in [6.07, 6.45) is 0.569. The molecule has 0 N–H and O–H groups in total. The average Bonchev–Trinajstić information content (AvgIpc) is 3.53. The lowest BCUT2D eigenvalue weighted by Crippen LogP contribution is -2.28. The third kappa shape index (κ3) is 5.16. The molecule has 5 rings (SSSR count). The number of nitrogens with zero attached hydrogens (tertiary/aromatic N) is 4. The molecule has 37 heavy (non-hydrogen) atoms. The molecule has 0 bridgehead atoms. The Kier molecular flexibility index (Phi) is 6.62. The molecule has 1 amide bonds. The smallest absolute Gasteiger partial charge is 0.406 e. The van der Waals surface area contributed by atoms with Crippen LogP contribution in [0.25, 0.3) is 16.7 Å². The molecule has 0 saturated carbocycles. The maximum Gasteiger partial charge on any atom is 0.573 e. The summed E-state index contributed by atoms with van der Waals surface area (Å²) in [5.41, 5.74) is 3.82. The van der Waals surface area contributed by atoms with Gasteiger partial charge in [0.15, 0.2) is 0 Å².